The second-order valence-corrected chi connectivity index (χ2v) is 5.08. The molecule has 0 saturated carbocycles. The molecule has 0 aliphatic heterocycles. The summed E-state index contributed by atoms with van der Waals surface area (Å²) in [5.74, 6) is 0. The van der Waals surface area contributed by atoms with Gasteiger partial charge in [0.15, 0.2) is 0 Å². The third-order valence-corrected chi connectivity index (χ3v) is 3.87. The second kappa shape index (κ2) is 3.73. The number of nitrogen functional groups attached to an aromatic ring is 1. The van der Waals surface area contributed by atoms with Gasteiger partial charge in [0.25, 0.3) is 0 Å². The Morgan fingerprint density at radius 1 is 1.06 bits per heavy atom. The molecule has 2 nitrogen and oxygen atoms in total. The van der Waals surface area contributed by atoms with E-state index in [1.54, 1.807) is 0 Å². The minimum absolute atomic E-state index is 0.978. The van der Waals surface area contributed by atoms with Crippen LogP contribution in [0.1, 0.15) is 35.2 Å². The molecular formula is C15H18N2. The van der Waals surface area contributed by atoms with E-state index >= 15 is 0 Å². The summed E-state index contributed by atoms with van der Waals surface area (Å²) in [7, 11) is 0. The van der Waals surface area contributed by atoms with Gasteiger partial charge in [-0.05, 0) is 56.2 Å². The molecule has 0 radical (unpaired) electrons. The SMILES string of the molecule is Cc1ccc(C)c2c(N)c3c(nc12)CCCC3. The molecule has 0 spiro atoms. The standard InChI is InChI=1S/C15H18N2/c1-9-7-8-10(2)15-13(9)14(16)11-5-3-4-6-12(11)17-15/h7-8H,3-6H2,1-2H3,(H2,16,17). The molecule has 1 heterocycles. The maximum atomic E-state index is 6.37. The van der Waals surface area contributed by atoms with Crippen molar-refractivity contribution in [2.24, 2.45) is 0 Å². The van der Waals surface area contributed by atoms with Crippen molar-refractivity contribution in [3.63, 3.8) is 0 Å². The van der Waals surface area contributed by atoms with E-state index in [-0.39, 0.29) is 0 Å². The molecule has 1 aromatic carbocycles. The largest absolute Gasteiger partial charge is 0.398 e. The Labute approximate surface area is 102 Å². The molecule has 0 amide bonds. The third kappa shape index (κ3) is 1.51. The zero-order chi connectivity index (χ0) is 12.0. The summed E-state index contributed by atoms with van der Waals surface area (Å²) in [6, 6.07) is 4.28. The molecule has 0 fully saturated rings. The van der Waals surface area contributed by atoms with Crippen LogP contribution in [0.3, 0.4) is 0 Å². The third-order valence-electron chi connectivity index (χ3n) is 3.87. The first-order chi connectivity index (χ1) is 8.18. The quantitative estimate of drug-likeness (QED) is 0.748. The first-order valence-electron chi connectivity index (χ1n) is 6.35. The van der Waals surface area contributed by atoms with Crippen molar-refractivity contribution in [3.05, 3.63) is 34.5 Å². The molecule has 0 saturated heterocycles. The number of benzene rings is 1. The van der Waals surface area contributed by atoms with E-state index in [1.165, 1.54) is 40.6 Å². The Hall–Kier alpha value is -1.57. The second-order valence-electron chi connectivity index (χ2n) is 5.08. The summed E-state index contributed by atoms with van der Waals surface area (Å²) in [4.78, 5) is 4.86. The van der Waals surface area contributed by atoms with Crippen LogP contribution in [-0.2, 0) is 12.8 Å². The number of nitrogens with two attached hydrogens (primary N) is 1. The lowest BCUT2D eigenvalue weighted by molar-refractivity contribution is 0.672. The van der Waals surface area contributed by atoms with Crippen molar-refractivity contribution in [2.45, 2.75) is 39.5 Å². The normalized spacial score (nSPS) is 14.9. The van der Waals surface area contributed by atoms with Crippen LogP contribution in [0.25, 0.3) is 10.9 Å². The Bertz CT molecular complexity index is 600. The number of rotatable bonds is 0. The van der Waals surface area contributed by atoms with Crippen LogP contribution in [-0.4, -0.2) is 4.98 Å². The van der Waals surface area contributed by atoms with E-state index in [2.05, 4.69) is 26.0 Å². The lowest BCUT2D eigenvalue weighted by Crippen LogP contribution is -2.10. The van der Waals surface area contributed by atoms with Crippen LogP contribution in [0.2, 0.25) is 0 Å². The molecule has 0 bridgehead atoms. The number of aryl methyl sites for hydroxylation is 3. The molecule has 88 valence electrons. The van der Waals surface area contributed by atoms with Crippen molar-refractivity contribution >= 4 is 16.6 Å². The van der Waals surface area contributed by atoms with Gasteiger partial charge in [-0.2, -0.15) is 0 Å². The summed E-state index contributed by atoms with van der Waals surface area (Å²) < 4.78 is 0. The molecule has 3 rings (SSSR count). The number of hydrogen-bond acceptors (Lipinski definition) is 2. The summed E-state index contributed by atoms with van der Waals surface area (Å²) in [5.41, 5.74) is 13.4. The molecular weight excluding hydrogens is 208 g/mol. The van der Waals surface area contributed by atoms with Crippen molar-refractivity contribution in [2.75, 3.05) is 5.73 Å². The van der Waals surface area contributed by atoms with Crippen molar-refractivity contribution in [3.8, 4) is 0 Å². The maximum absolute atomic E-state index is 6.37. The highest BCUT2D eigenvalue weighted by molar-refractivity contribution is 5.96. The Morgan fingerprint density at radius 3 is 2.59 bits per heavy atom. The Morgan fingerprint density at radius 2 is 1.76 bits per heavy atom. The molecule has 2 N–H and O–H groups in total. The number of anilines is 1. The molecule has 1 aromatic heterocycles. The minimum atomic E-state index is 0.978. The number of pyridine rings is 1. The van der Waals surface area contributed by atoms with Gasteiger partial charge >= 0.3 is 0 Å². The zero-order valence-electron chi connectivity index (χ0n) is 10.5. The van der Waals surface area contributed by atoms with Crippen LogP contribution >= 0.6 is 0 Å². The lowest BCUT2D eigenvalue weighted by atomic mass is 9.91. The number of hydrogen-bond donors (Lipinski definition) is 1. The molecule has 0 unspecified atom stereocenters. The minimum Gasteiger partial charge on any atom is -0.398 e. The van der Waals surface area contributed by atoms with Crippen molar-refractivity contribution in [1.29, 1.82) is 0 Å². The fraction of sp³-hybridized carbons (Fsp3) is 0.400. The molecule has 17 heavy (non-hydrogen) atoms. The molecule has 0 atom stereocenters. The van der Waals surface area contributed by atoms with Gasteiger partial charge in [-0.1, -0.05) is 12.1 Å². The summed E-state index contributed by atoms with van der Waals surface area (Å²) in [6.07, 6.45) is 4.67. The maximum Gasteiger partial charge on any atom is 0.0758 e. The fourth-order valence-electron chi connectivity index (χ4n) is 2.87. The lowest BCUT2D eigenvalue weighted by Gasteiger charge is -2.20. The van der Waals surface area contributed by atoms with Gasteiger partial charge in [0.05, 0.1) is 5.52 Å². The van der Waals surface area contributed by atoms with Gasteiger partial charge in [-0.15, -0.1) is 0 Å². The molecule has 2 aromatic rings. The highest BCUT2D eigenvalue weighted by atomic mass is 14.7. The number of aromatic nitrogens is 1. The highest BCUT2D eigenvalue weighted by Gasteiger charge is 2.17. The van der Waals surface area contributed by atoms with E-state index in [4.69, 9.17) is 10.7 Å². The van der Waals surface area contributed by atoms with E-state index in [1.807, 2.05) is 0 Å². The summed E-state index contributed by atoms with van der Waals surface area (Å²) in [5, 5.41) is 1.17. The van der Waals surface area contributed by atoms with E-state index in [0.717, 1.165) is 24.0 Å². The number of fused-ring (bicyclic) bond motifs is 2. The van der Waals surface area contributed by atoms with Gasteiger partial charge < -0.3 is 5.73 Å². The van der Waals surface area contributed by atoms with Crippen LogP contribution in [0.4, 0.5) is 5.69 Å². The van der Waals surface area contributed by atoms with Gasteiger partial charge in [-0.3, -0.25) is 4.98 Å². The van der Waals surface area contributed by atoms with Crippen molar-refractivity contribution < 1.29 is 0 Å². The molecule has 2 heteroatoms. The zero-order valence-corrected chi connectivity index (χ0v) is 10.5. The first-order valence-corrected chi connectivity index (χ1v) is 6.35. The highest BCUT2D eigenvalue weighted by Crippen LogP contribution is 2.33. The number of nitrogens with zero attached hydrogens (tertiary/aromatic N) is 1. The Balaban J connectivity index is 2.44. The van der Waals surface area contributed by atoms with Gasteiger partial charge in [0.1, 0.15) is 0 Å². The van der Waals surface area contributed by atoms with E-state index in [0.29, 0.717) is 0 Å². The average Bonchev–Trinajstić information content (AvgIpc) is 2.34. The molecule has 1 aliphatic carbocycles. The van der Waals surface area contributed by atoms with E-state index < -0.39 is 0 Å². The monoisotopic (exact) mass is 226 g/mol. The predicted molar refractivity (Wildman–Crippen MR) is 72.3 cm³/mol. The van der Waals surface area contributed by atoms with Gasteiger partial charge in [0.2, 0.25) is 0 Å². The first kappa shape index (κ1) is 10.6. The predicted octanol–water partition coefficient (Wildman–Crippen LogP) is 3.31. The summed E-state index contributed by atoms with van der Waals surface area (Å²) in [6.45, 7) is 4.23. The fourth-order valence-corrected chi connectivity index (χ4v) is 2.87. The van der Waals surface area contributed by atoms with E-state index in [9.17, 15) is 0 Å². The average molecular weight is 226 g/mol. The van der Waals surface area contributed by atoms with Crippen LogP contribution in [0.5, 0.6) is 0 Å². The molecule has 1 aliphatic rings. The van der Waals surface area contributed by atoms with Crippen LogP contribution < -0.4 is 5.73 Å². The smallest absolute Gasteiger partial charge is 0.0758 e. The Kier molecular flexibility index (Phi) is 2.32. The van der Waals surface area contributed by atoms with Crippen LogP contribution in [0.15, 0.2) is 12.1 Å². The van der Waals surface area contributed by atoms with Gasteiger partial charge in [0, 0.05) is 16.8 Å². The summed E-state index contributed by atoms with van der Waals surface area (Å²) >= 11 is 0. The topological polar surface area (TPSA) is 38.9 Å². The van der Waals surface area contributed by atoms with Crippen LogP contribution in [0, 0.1) is 13.8 Å². The van der Waals surface area contributed by atoms with Gasteiger partial charge in [-0.25, -0.2) is 0 Å². The van der Waals surface area contributed by atoms with Crippen molar-refractivity contribution in [1.82, 2.24) is 4.98 Å².